The fourth-order valence-corrected chi connectivity index (χ4v) is 4.44. The number of rotatable bonds is 9. The molecular weight excluding hydrogens is 448 g/mol. The molecule has 1 aliphatic rings. The lowest BCUT2D eigenvalue weighted by Crippen LogP contribution is -2.26. The van der Waals surface area contributed by atoms with Gasteiger partial charge in [0.2, 0.25) is 0 Å². The zero-order valence-electron chi connectivity index (χ0n) is 21.4. The lowest BCUT2D eigenvalue weighted by atomic mass is 9.99. The Labute approximate surface area is 213 Å². The van der Waals surface area contributed by atoms with Crippen molar-refractivity contribution in [2.75, 3.05) is 36.7 Å². The van der Waals surface area contributed by atoms with Crippen molar-refractivity contribution >= 4 is 34.4 Å². The van der Waals surface area contributed by atoms with Crippen LogP contribution < -0.4 is 15.5 Å². The quantitative estimate of drug-likeness (QED) is 0.387. The van der Waals surface area contributed by atoms with Crippen molar-refractivity contribution in [1.29, 1.82) is 0 Å². The van der Waals surface area contributed by atoms with Crippen molar-refractivity contribution in [2.45, 2.75) is 32.4 Å². The molecule has 1 heterocycles. The van der Waals surface area contributed by atoms with Crippen LogP contribution in [0.4, 0.5) is 17.1 Å². The minimum atomic E-state index is -0.143. The van der Waals surface area contributed by atoms with E-state index >= 15 is 0 Å². The number of benzene rings is 3. The van der Waals surface area contributed by atoms with E-state index in [1.807, 2.05) is 48.5 Å². The largest absolute Gasteiger partial charge is 0.379 e. The summed E-state index contributed by atoms with van der Waals surface area (Å²) in [6, 6.07) is 23.3. The number of para-hydroxylation sites is 1. The fraction of sp³-hybridized carbons (Fsp3) is 0.267. The molecular formula is C30H34N4O2. The number of carbonyl (C=O) groups excluding carboxylic acids is 2. The Kier molecular flexibility index (Phi) is 7.86. The molecule has 4 rings (SSSR count). The van der Waals surface area contributed by atoms with Gasteiger partial charge in [0.25, 0.3) is 11.8 Å². The van der Waals surface area contributed by atoms with Crippen LogP contribution in [0, 0.1) is 0 Å². The molecule has 2 N–H and O–H groups in total. The van der Waals surface area contributed by atoms with Gasteiger partial charge in [-0.05, 0) is 74.6 Å². The first-order valence-corrected chi connectivity index (χ1v) is 12.4. The van der Waals surface area contributed by atoms with Gasteiger partial charge in [-0.2, -0.15) is 0 Å². The molecule has 0 saturated carbocycles. The van der Waals surface area contributed by atoms with Crippen LogP contribution in [0.3, 0.4) is 0 Å². The average molecular weight is 483 g/mol. The summed E-state index contributed by atoms with van der Waals surface area (Å²) in [7, 11) is 5.87. The van der Waals surface area contributed by atoms with Gasteiger partial charge in [-0.25, -0.2) is 0 Å². The summed E-state index contributed by atoms with van der Waals surface area (Å²) in [5.74, 6) is -0.265. The maximum Gasteiger partial charge on any atom is 0.258 e. The van der Waals surface area contributed by atoms with Crippen molar-refractivity contribution in [1.82, 2.24) is 4.90 Å². The molecule has 1 unspecified atom stereocenters. The molecule has 36 heavy (non-hydrogen) atoms. The van der Waals surface area contributed by atoms with Gasteiger partial charge in [-0.3, -0.25) is 9.59 Å². The third kappa shape index (κ3) is 5.83. The van der Waals surface area contributed by atoms with E-state index in [1.54, 1.807) is 18.0 Å². The van der Waals surface area contributed by atoms with Crippen LogP contribution in [0.25, 0.3) is 5.57 Å². The van der Waals surface area contributed by atoms with E-state index in [4.69, 9.17) is 0 Å². The monoisotopic (exact) mass is 482 g/mol. The smallest absolute Gasteiger partial charge is 0.258 e. The van der Waals surface area contributed by atoms with Crippen LogP contribution in [-0.4, -0.2) is 43.9 Å². The van der Waals surface area contributed by atoms with E-state index in [0.717, 1.165) is 42.0 Å². The van der Waals surface area contributed by atoms with Gasteiger partial charge in [0, 0.05) is 53.4 Å². The number of nitrogens with zero attached hydrogens (tertiary/aromatic N) is 2. The van der Waals surface area contributed by atoms with Crippen molar-refractivity contribution in [2.24, 2.45) is 0 Å². The molecule has 3 aromatic rings. The summed E-state index contributed by atoms with van der Waals surface area (Å²) in [6.07, 6.45) is 3.84. The molecule has 186 valence electrons. The number of amides is 2. The van der Waals surface area contributed by atoms with Crippen LogP contribution in [0.15, 0.2) is 78.9 Å². The minimum absolute atomic E-state index is 0.0206. The van der Waals surface area contributed by atoms with E-state index < -0.39 is 0 Å². The molecule has 0 spiro atoms. The Morgan fingerprint density at radius 2 is 1.72 bits per heavy atom. The average Bonchev–Trinajstić information content (AvgIpc) is 3.18. The van der Waals surface area contributed by atoms with E-state index in [-0.39, 0.29) is 17.9 Å². The van der Waals surface area contributed by atoms with Crippen molar-refractivity contribution < 1.29 is 9.59 Å². The summed E-state index contributed by atoms with van der Waals surface area (Å²) >= 11 is 0. The molecule has 6 nitrogen and oxygen atoms in total. The number of fused-ring (bicyclic) bond motifs is 1. The first-order chi connectivity index (χ1) is 17.4. The van der Waals surface area contributed by atoms with Crippen molar-refractivity contribution in [3.8, 4) is 0 Å². The second-order valence-electron chi connectivity index (χ2n) is 9.47. The Bertz CT molecular complexity index is 1250. The fourth-order valence-electron chi connectivity index (χ4n) is 4.44. The predicted molar refractivity (Wildman–Crippen MR) is 148 cm³/mol. The first kappa shape index (κ1) is 25.2. The number of nitrogens with one attached hydrogen (secondary N) is 2. The zero-order valence-corrected chi connectivity index (χ0v) is 21.4. The van der Waals surface area contributed by atoms with Gasteiger partial charge in [0.1, 0.15) is 0 Å². The molecule has 0 radical (unpaired) electrons. The summed E-state index contributed by atoms with van der Waals surface area (Å²) in [4.78, 5) is 29.8. The molecule has 0 saturated heterocycles. The third-order valence-electron chi connectivity index (χ3n) is 6.27. The molecule has 0 bridgehead atoms. The number of hydrogen-bond donors (Lipinski definition) is 2. The minimum Gasteiger partial charge on any atom is -0.379 e. The standard InChI is InChI=1S/C30H34N4O2/c1-5-9-24(31-23-15-12-21(13-16-23)20-33(2)3)19-27-26-18-22(14-17-28(26)32-29(27)35)30(36)34(4)25-10-7-6-8-11-25/h6-8,10-19,24,31H,5,9,20H2,1-4H3,(H,32,35). The van der Waals surface area contributed by atoms with Crippen molar-refractivity contribution in [3.05, 3.63) is 95.6 Å². The van der Waals surface area contributed by atoms with Gasteiger partial charge >= 0.3 is 0 Å². The topological polar surface area (TPSA) is 64.7 Å². The summed E-state index contributed by atoms with van der Waals surface area (Å²) < 4.78 is 0. The Hall–Kier alpha value is -3.90. The second kappa shape index (κ2) is 11.2. The maximum atomic E-state index is 13.2. The predicted octanol–water partition coefficient (Wildman–Crippen LogP) is 5.64. The van der Waals surface area contributed by atoms with Gasteiger partial charge < -0.3 is 20.4 Å². The molecule has 3 aromatic carbocycles. The van der Waals surface area contributed by atoms with Crippen LogP contribution in [-0.2, 0) is 11.3 Å². The molecule has 6 heteroatoms. The molecule has 1 aliphatic heterocycles. The van der Waals surface area contributed by atoms with Gasteiger partial charge in [0.05, 0.1) is 0 Å². The van der Waals surface area contributed by atoms with Crippen LogP contribution in [0.5, 0.6) is 0 Å². The summed E-state index contributed by atoms with van der Waals surface area (Å²) in [5, 5.41) is 6.52. The highest BCUT2D eigenvalue weighted by atomic mass is 16.2. The second-order valence-corrected chi connectivity index (χ2v) is 9.47. The number of hydrogen-bond acceptors (Lipinski definition) is 4. The van der Waals surface area contributed by atoms with E-state index in [0.29, 0.717) is 11.1 Å². The molecule has 2 amide bonds. The van der Waals surface area contributed by atoms with E-state index in [9.17, 15) is 9.59 Å². The normalized spacial score (nSPS) is 14.5. The number of carbonyl (C=O) groups is 2. The van der Waals surface area contributed by atoms with E-state index in [2.05, 4.69) is 60.8 Å². The Morgan fingerprint density at radius 1 is 1.00 bits per heavy atom. The highest BCUT2D eigenvalue weighted by molar-refractivity contribution is 6.32. The number of anilines is 3. The summed E-state index contributed by atoms with van der Waals surface area (Å²) in [5.41, 5.74) is 5.70. The lowest BCUT2D eigenvalue weighted by molar-refractivity contribution is -0.110. The van der Waals surface area contributed by atoms with E-state index in [1.165, 1.54) is 5.56 Å². The third-order valence-corrected chi connectivity index (χ3v) is 6.27. The first-order valence-electron chi connectivity index (χ1n) is 12.4. The molecule has 0 fully saturated rings. The Balaban J connectivity index is 1.58. The van der Waals surface area contributed by atoms with Gasteiger partial charge in [0.15, 0.2) is 0 Å². The molecule has 0 aliphatic carbocycles. The van der Waals surface area contributed by atoms with Crippen LogP contribution in [0.1, 0.15) is 41.3 Å². The van der Waals surface area contributed by atoms with Gasteiger partial charge in [-0.1, -0.05) is 43.7 Å². The lowest BCUT2D eigenvalue weighted by Gasteiger charge is -2.18. The Morgan fingerprint density at radius 3 is 2.39 bits per heavy atom. The van der Waals surface area contributed by atoms with Crippen LogP contribution >= 0.6 is 0 Å². The van der Waals surface area contributed by atoms with Crippen LogP contribution in [0.2, 0.25) is 0 Å². The molecule has 0 aromatic heterocycles. The van der Waals surface area contributed by atoms with Crippen molar-refractivity contribution in [3.63, 3.8) is 0 Å². The van der Waals surface area contributed by atoms with Gasteiger partial charge in [-0.15, -0.1) is 0 Å². The SMILES string of the molecule is CCCC(C=C1C(=O)Nc2ccc(C(=O)N(C)c3ccccc3)cc21)Nc1ccc(CN(C)C)cc1. The highest BCUT2D eigenvalue weighted by Gasteiger charge is 2.27. The zero-order chi connectivity index (χ0) is 25.7. The summed E-state index contributed by atoms with van der Waals surface area (Å²) in [6.45, 7) is 3.02. The molecule has 1 atom stereocenters. The maximum absolute atomic E-state index is 13.2. The highest BCUT2D eigenvalue weighted by Crippen LogP contribution is 2.34.